The van der Waals surface area contributed by atoms with Gasteiger partial charge < -0.3 is 14.2 Å². The molecule has 0 aromatic heterocycles. The standard InChI is InChI=1S/C55H86O6/c1-4-7-10-13-16-19-21-23-25-27-28-30-31-33-36-39-42-45-48-54(57)60-51-52(50-59-53(56)47-44-41-38-35-18-15-12-9-6-3)61-55(58)49-46-43-40-37-34-32-29-26-24-22-20-17-14-11-8-5-2/h8-9,11-12,17-18,20,24-28,30,32,34-35,40-41,43-44,52H,4-7,10,13-16,19,21-23,29,31,33,36-39,42,45-51H2,1-3H3/b11-8-,12-9-,20-17-,26-24-,27-25-,30-28-,34-32-,35-18-,43-40-,44-41-. The second-order valence-electron chi connectivity index (χ2n) is 15.3. The highest BCUT2D eigenvalue weighted by Gasteiger charge is 2.19. The molecule has 6 heteroatoms. The molecule has 0 fully saturated rings. The molecule has 0 aromatic carbocycles. The van der Waals surface area contributed by atoms with Crippen LogP contribution < -0.4 is 0 Å². The Morgan fingerprint density at radius 2 is 0.787 bits per heavy atom. The molecule has 1 atom stereocenters. The van der Waals surface area contributed by atoms with E-state index in [0.717, 1.165) is 89.9 Å². The molecule has 0 aliphatic carbocycles. The molecule has 1 unspecified atom stereocenters. The van der Waals surface area contributed by atoms with Gasteiger partial charge in [0.25, 0.3) is 0 Å². The van der Waals surface area contributed by atoms with Crippen LogP contribution in [0.5, 0.6) is 0 Å². The van der Waals surface area contributed by atoms with E-state index in [0.29, 0.717) is 12.8 Å². The maximum absolute atomic E-state index is 12.7. The van der Waals surface area contributed by atoms with Crippen molar-refractivity contribution < 1.29 is 28.6 Å². The van der Waals surface area contributed by atoms with Gasteiger partial charge in [-0.1, -0.05) is 200 Å². The smallest absolute Gasteiger partial charge is 0.309 e. The lowest BCUT2D eigenvalue weighted by atomic mass is 10.1. The summed E-state index contributed by atoms with van der Waals surface area (Å²) in [4.78, 5) is 37.7. The Bertz CT molecular complexity index is 1340. The summed E-state index contributed by atoms with van der Waals surface area (Å²) in [7, 11) is 0. The zero-order valence-electron chi connectivity index (χ0n) is 38.9. The van der Waals surface area contributed by atoms with E-state index in [4.69, 9.17) is 14.2 Å². The van der Waals surface area contributed by atoms with Gasteiger partial charge in [-0.2, -0.15) is 0 Å². The molecule has 342 valence electrons. The summed E-state index contributed by atoms with van der Waals surface area (Å²) in [5.41, 5.74) is 0. The van der Waals surface area contributed by atoms with Gasteiger partial charge in [0, 0.05) is 12.8 Å². The van der Waals surface area contributed by atoms with Gasteiger partial charge in [-0.3, -0.25) is 14.4 Å². The van der Waals surface area contributed by atoms with Crippen LogP contribution in [-0.2, 0) is 28.6 Å². The first-order valence-electron chi connectivity index (χ1n) is 24.1. The highest BCUT2D eigenvalue weighted by Crippen LogP contribution is 2.11. The van der Waals surface area contributed by atoms with Crippen molar-refractivity contribution in [2.45, 2.75) is 194 Å². The van der Waals surface area contributed by atoms with Crippen molar-refractivity contribution in [2.24, 2.45) is 0 Å². The van der Waals surface area contributed by atoms with E-state index in [1.807, 2.05) is 18.2 Å². The average Bonchev–Trinajstić information content (AvgIpc) is 3.26. The molecule has 0 radical (unpaired) electrons. The largest absolute Gasteiger partial charge is 0.462 e. The van der Waals surface area contributed by atoms with E-state index in [1.165, 1.54) is 51.4 Å². The molecular weight excluding hydrogens is 757 g/mol. The number of hydrogen-bond acceptors (Lipinski definition) is 6. The Morgan fingerprint density at radius 3 is 1.28 bits per heavy atom. The van der Waals surface area contributed by atoms with Gasteiger partial charge in [0.05, 0.1) is 6.42 Å². The molecule has 0 amide bonds. The molecule has 0 saturated carbocycles. The van der Waals surface area contributed by atoms with Crippen LogP contribution in [0, 0.1) is 0 Å². The predicted molar refractivity (Wildman–Crippen MR) is 260 cm³/mol. The Kier molecular flexibility index (Phi) is 45.1. The summed E-state index contributed by atoms with van der Waals surface area (Å²) in [6.45, 7) is 6.20. The van der Waals surface area contributed by atoms with E-state index in [-0.39, 0.29) is 32.0 Å². The van der Waals surface area contributed by atoms with Crippen LogP contribution in [0.25, 0.3) is 0 Å². The summed E-state index contributed by atoms with van der Waals surface area (Å²) >= 11 is 0. The van der Waals surface area contributed by atoms with E-state index in [1.54, 1.807) is 6.08 Å². The highest BCUT2D eigenvalue weighted by molar-refractivity contribution is 5.72. The fraction of sp³-hybridized carbons (Fsp3) is 0.582. The van der Waals surface area contributed by atoms with Crippen LogP contribution in [0.15, 0.2) is 122 Å². The van der Waals surface area contributed by atoms with E-state index in [9.17, 15) is 14.4 Å². The summed E-state index contributed by atoms with van der Waals surface area (Å²) in [6, 6.07) is 0. The van der Waals surface area contributed by atoms with Crippen molar-refractivity contribution in [1.82, 2.24) is 0 Å². The third kappa shape index (κ3) is 46.7. The zero-order valence-corrected chi connectivity index (χ0v) is 38.9. The number of rotatable bonds is 41. The molecule has 61 heavy (non-hydrogen) atoms. The van der Waals surface area contributed by atoms with E-state index >= 15 is 0 Å². The van der Waals surface area contributed by atoms with Gasteiger partial charge in [-0.25, -0.2) is 0 Å². The minimum Gasteiger partial charge on any atom is -0.462 e. The molecule has 0 spiro atoms. The fourth-order valence-corrected chi connectivity index (χ4v) is 5.95. The van der Waals surface area contributed by atoms with Gasteiger partial charge in [-0.05, 0) is 89.9 Å². The van der Waals surface area contributed by atoms with E-state index < -0.39 is 18.0 Å². The number of carbonyl (C=O) groups excluding carboxylic acids is 3. The Hall–Kier alpha value is -4.19. The number of unbranched alkanes of at least 4 members (excludes halogenated alkanes) is 12. The average molecular weight is 843 g/mol. The summed E-state index contributed by atoms with van der Waals surface area (Å²) in [6.07, 6.45) is 66.6. The Labute approximate surface area is 373 Å². The van der Waals surface area contributed by atoms with Gasteiger partial charge in [-0.15, -0.1) is 0 Å². The summed E-state index contributed by atoms with van der Waals surface area (Å²) in [5.74, 6) is -1.19. The second-order valence-corrected chi connectivity index (χ2v) is 15.3. The zero-order chi connectivity index (χ0) is 44.4. The normalized spacial score (nSPS) is 13.2. The van der Waals surface area contributed by atoms with Gasteiger partial charge in [0.2, 0.25) is 0 Å². The first-order valence-corrected chi connectivity index (χ1v) is 24.1. The monoisotopic (exact) mass is 843 g/mol. The fourth-order valence-electron chi connectivity index (χ4n) is 5.95. The van der Waals surface area contributed by atoms with E-state index in [2.05, 4.69) is 118 Å². The second kappa shape index (κ2) is 48.5. The van der Waals surface area contributed by atoms with Crippen molar-refractivity contribution in [3.63, 3.8) is 0 Å². The molecule has 0 aliphatic heterocycles. The quantitative estimate of drug-likeness (QED) is 0.0201. The maximum Gasteiger partial charge on any atom is 0.309 e. The first kappa shape index (κ1) is 56.8. The SMILES string of the molecule is CC/C=C\C/C=C\C/C=C\C/C=C\C/C=C\CCC(=O)OC(COC(=O)C/C=C\C/C=C\C/C=C\CC)COC(=O)CCCCCCC/C=C\C=C/CCCCCCCCC. The number of hydrogen-bond donors (Lipinski definition) is 0. The van der Waals surface area contributed by atoms with Crippen LogP contribution >= 0.6 is 0 Å². The maximum atomic E-state index is 12.7. The van der Waals surface area contributed by atoms with Gasteiger partial charge in [0.15, 0.2) is 6.10 Å². The van der Waals surface area contributed by atoms with Crippen LogP contribution in [0.1, 0.15) is 188 Å². The summed E-state index contributed by atoms with van der Waals surface area (Å²) < 4.78 is 16.5. The molecule has 0 aromatic rings. The molecule has 0 saturated heterocycles. The lowest BCUT2D eigenvalue weighted by Crippen LogP contribution is -2.30. The topological polar surface area (TPSA) is 78.9 Å². The molecule has 0 heterocycles. The number of allylic oxidation sites excluding steroid dienone is 19. The third-order valence-electron chi connectivity index (χ3n) is 9.51. The van der Waals surface area contributed by atoms with Crippen molar-refractivity contribution >= 4 is 17.9 Å². The predicted octanol–water partition coefficient (Wildman–Crippen LogP) is 15.7. The number of carbonyl (C=O) groups is 3. The van der Waals surface area contributed by atoms with Gasteiger partial charge >= 0.3 is 17.9 Å². The van der Waals surface area contributed by atoms with Crippen LogP contribution in [0.2, 0.25) is 0 Å². The first-order chi connectivity index (χ1) is 30.0. The van der Waals surface area contributed by atoms with Crippen LogP contribution in [-0.4, -0.2) is 37.2 Å². The molecule has 0 bridgehead atoms. The number of esters is 3. The van der Waals surface area contributed by atoms with Crippen molar-refractivity contribution in [3.8, 4) is 0 Å². The van der Waals surface area contributed by atoms with Crippen LogP contribution in [0.4, 0.5) is 0 Å². The van der Waals surface area contributed by atoms with Crippen LogP contribution in [0.3, 0.4) is 0 Å². The lowest BCUT2D eigenvalue weighted by molar-refractivity contribution is -0.166. The van der Waals surface area contributed by atoms with Crippen molar-refractivity contribution in [2.75, 3.05) is 13.2 Å². The van der Waals surface area contributed by atoms with Gasteiger partial charge in [0.1, 0.15) is 13.2 Å². The minimum atomic E-state index is -0.861. The minimum absolute atomic E-state index is 0.112. The van der Waals surface area contributed by atoms with Crippen molar-refractivity contribution in [3.05, 3.63) is 122 Å². The molecule has 6 nitrogen and oxygen atoms in total. The summed E-state index contributed by atoms with van der Waals surface area (Å²) in [5, 5.41) is 0. The Morgan fingerprint density at radius 1 is 0.377 bits per heavy atom. The molecule has 0 rings (SSSR count). The molecular formula is C55H86O6. The Balaban J connectivity index is 4.55. The molecule has 0 N–H and O–H groups in total. The van der Waals surface area contributed by atoms with Crippen molar-refractivity contribution in [1.29, 1.82) is 0 Å². The molecule has 0 aliphatic rings. The highest BCUT2D eigenvalue weighted by atomic mass is 16.6. The number of ether oxygens (including phenoxy) is 3. The lowest BCUT2D eigenvalue weighted by Gasteiger charge is -2.18. The third-order valence-corrected chi connectivity index (χ3v) is 9.51.